The number of benzene rings is 3. The van der Waals surface area contributed by atoms with Crippen LogP contribution in [0.2, 0.25) is 0 Å². The summed E-state index contributed by atoms with van der Waals surface area (Å²) in [6.45, 7) is 1.54. The molecule has 2 bridgehead atoms. The van der Waals surface area contributed by atoms with E-state index < -0.39 is 5.54 Å². The van der Waals surface area contributed by atoms with Gasteiger partial charge in [0.25, 0.3) is 0 Å². The highest BCUT2D eigenvalue weighted by Gasteiger charge is 2.52. The minimum absolute atomic E-state index is 0.314. The Morgan fingerprint density at radius 1 is 0.735 bits per heavy atom. The molecule has 0 spiro atoms. The van der Waals surface area contributed by atoms with Gasteiger partial charge < -0.3 is 28.7 Å². The standard InChI is InChI=1S/C27H28N2O5/c1-31-21-7-5-20(6-8-21)27(26(30)34-4)17-28-15-18-13-23(33-3)10-12-25(18)29(27)16-19-14-22(32-2)9-11-24(19)28/h5-14H,15-17H2,1-4H3. The quantitative estimate of drug-likeness (QED) is 0.531. The van der Waals surface area contributed by atoms with Crippen LogP contribution in [-0.2, 0) is 28.2 Å². The number of ether oxygens (including phenoxy) is 4. The number of rotatable bonds is 5. The second-order valence-electron chi connectivity index (χ2n) is 8.51. The summed E-state index contributed by atoms with van der Waals surface area (Å²) in [6, 6.07) is 19.8. The van der Waals surface area contributed by atoms with E-state index in [1.807, 2.05) is 54.6 Å². The molecule has 3 aromatic rings. The SMILES string of the molecule is COC(=O)C1(c2ccc(OC)cc2)CN2Cc3cc(OC)ccc3N1Cc1cc(OC)ccc12. The first-order valence-electron chi connectivity index (χ1n) is 11.1. The molecule has 34 heavy (non-hydrogen) atoms. The molecule has 0 aromatic heterocycles. The summed E-state index contributed by atoms with van der Waals surface area (Å²) >= 11 is 0. The second kappa shape index (κ2) is 8.48. The van der Waals surface area contributed by atoms with Crippen molar-refractivity contribution < 1.29 is 23.7 Å². The van der Waals surface area contributed by atoms with Crippen LogP contribution in [-0.4, -0.2) is 41.0 Å². The van der Waals surface area contributed by atoms with E-state index in [0.29, 0.717) is 19.6 Å². The van der Waals surface area contributed by atoms with Crippen LogP contribution >= 0.6 is 0 Å². The van der Waals surface area contributed by atoms with E-state index in [1.165, 1.54) is 7.11 Å². The molecule has 2 aliphatic heterocycles. The van der Waals surface area contributed by atoms with Crippen molar-refractivity contribution in [1.82, 2.24) is 0 Å². The van der Waals surface area contributed by atoms with Crippen LogP contribution in [0, 0.1) is 0 Å². The van der Waals surface area contributed by atoms with Crippen molar-refractivity contribution in [2.24, 2.45) is 0 Å². The maximum absolute atomic E-state index is 13.8. The van der Waals surface area contributed by atoms with Gasteiger partial charge in [-0.05, 0) is 65.2 Å². The van der Waals surface area contributed by atoms with Gasteiger partial charge >= 0.3 is 5.97 Å². The highest BCUT2D eigenvalue weighted by Crippen LogP contribution is 2.47. The minimum atomic E-state index is -1.08. The molecule has 0 N–H and O–H groups in total. The number of carbonyl (C=O) groups excluding carboxylic acids is 1. The van der Waals surface area contributed by atoms with E-state index in [-0.39, 0.29) is 5.97 Å². The summed E-state index contributed by atoms with van der Waals surface area (Å²) in [5, 5.41) is 0. The molecule has 2 heterocycles. The first-order valence-corrected chi connectivity index (χ1v) is 11.1. The average Bonchev–Trinajstić information content (AvgIpc) is 3.11. The number of methoxy groups -OCH3 is 4. The highest BCUT2D eigenvalue weighted by atomic mass is 16.5. The van der Waals surface area contributed by atoms with Crippen LogP contribution < -0.4 is 24.0 Å². The Labute approximate surface area is 199 Å². The van der Waals surface area contributed by atoms with Crippen molar-refractivity contribution in [3.63, 3.8) is 0 Å². The molecule has 1 unspecified atom stereocenters. The Hall–Kier alpha value is -3.87. The third-order valence-electron chi connectivity index (χ3n) is 6.87. The van der Waals surface area contributed by atoms with Crippen molar-refractivity contribution >= 4 is 17.3 Å². The van der Waals surface area contributed by atoms with E-state index in [1.54, 1.807) is 21.3 Å². The molecule has 0 aliphatic carbocycles. The Morgan fingerprint density at radius 2 is 1.29 bits per heavy atom. The average molecular weight is 461 g/mol. The zero-order chi connectivity index (χ0) is 23.9. The van der Waals surface area contributed by atoms with Gasteiger partial charge in [-0.15, -0.1) is 0 Å². The van der Waals surface area contributed by atoms with Crippen molar-refractivity contribution in [2.75, 3.05) is 44.8 Å². The highest BCUT2D eigenvalue weighted by molar-refractivity contribution is 5.90. The zero-order valence-electron chi connectivity index (χ0n) is 19.8. The molecule has 7 heteroatoms. The van der Waals surface area contributed by atoms with Crippen LogP contribution in [0.3, 0.4) is 0 Å². The van der Waals surface area contributed by atoms with Crippen LogP contribution in [0.5, 0.6) is 17.2 Å². The zero-order valence-corrected chi connectivity index (χ0v) is 19.8. The molecule has 176 valence electrons. The van der Waals surface area contributed by atoms with Gasteiger partial charge in [0.1, 0.15) is 17.2 Å². The Balaban J connectivity index is 1.78. The van der Waals surface area contributed by atoms with Gasteiger partial charge in [-0.2, -0.15) is 0 Å². The predicted octanol–water partition coefficient (Wildman–Crippen LogP) is 4.12. The topological polar surface area (TPSA) is 60.5 Å². The van der Waals surface area contributed by atoms with E-state index in [4.69, 9.17) is 18.9 Å². The van der Waals surface area contributed by atoms with E-state index in [9.17, 15) is 4.79 Å². The lowest BCUT2D eigenvalue weighted by molar-refractivity contribution is -0.147. The number of anilines is 2. The number of hydrogen-bond acceptors (Lipinski definition) is 7. The Morgan fingerprint density at radius 3 is 1.88 bits per heavy atom. The van der Waals surface area contributed by atoms with Gasteiger partial charge in [-0.1, -0.05) is 12.1 Å². The number of esters is 1. The van der Waals surface area contributed by atoms with Gasteiger partial charge in [0.05, 0.1) is 35.0 Å². The Kier molecular flexibility index (Phi) is 5.48. The van der Waals surface area contributed by atoms with Gasteiger partial charge in [-0.25, -0.2) is 4.79 Å². The predicted molar refractivity (Wildman–Crippen MR) is 130 cm³/mol. The summed E-state index contributed by atoms with van der Waals surface area (Å²) < 4.78 is 21.9. The number of fused-ring (bicyclic) bond motifs is 7. The summed E-state index contributed by atoms with van der Waals surface area (Å²) in [7, 11) is 6.41. The molecule has 3 aromatic carbocycles. The molecule has 7 nitrogen and oxygen atoms in total. The molecular formula is C27H28N2O5. The van der Waals surface area contributed by atoms with Crippen molar-refractivity contribution in [1.29, 1.82) is 0 Å². The second-order valence-corrected chi connectivity index (χ2v) is 8.51. The molecule has 0 radical (unpaired) electrons. The first kappa shape index (κ1) is 21.9. The fourth-order valence-corrected chi connectivity index (χ4v) is 5.17. The smallest absolute Gasteiger partial charge is 0.338 e. The van der Waals surface area contributed by atoms with Gasteiger partial charge in [-0.3, -0.25) is 0 Å². The van der Waals surface area contributed by atoms with Gasteiger partial charge in [0.15, 0.2) is 5.54 Å². The fourth-order valence-electron chi connectivity index (χ4n) is 5.17. The van der Waals surface area contributed by atoms with Crippen molar-refractivity contribution in [3.8, 4) is 17.2 Å². The summed E-state index contributed by atoms with van der Waals surface area (Å²) in [5.74, 6) is 1.98. The molecule has 0 fully saturated rings. The largest absolute Gasteiger partial charge is 0.497 e. The molecule has 0 saturated carbocycles. The third kappa shape index (κ3) is 3.31. The molecule has 1 atom stereocenters. The van der Waals surface area contributed by atoms with Crippen molar-refractivity contribution in [3.05, 3.63) is 77.4 Å². The molecule has 0 saturated heterocycles. The summed E-state index contributed by atoms with van der Waals surface area (Å²) in [5.41, 5.74) is 3.97. The van der Waals surface area contributed by atoms with E-state index in [0.717, 1.165) is 45.3 Å². The number of hydrogen-bond donors (Lipinski definition) is 0. The van der Waals surface area contributed by atoms with E-state index >= 15 is 0 Å². The van der Waals surface area contributed by atoms with Gasteiger partial charge in [0.2, 0.25) is 0 Å². The fraction of sp³-hybridized carbons (Fsp3) is 0.296. The van der Waals surface area contributed by atoms with Crippen LogP contribution in [0.4, 0.5) is 11.4 Å². The molecule has 0 amide bonds. The van der Waals surface area contributed by atoms with Crippen LogP contribution in [0.1, 0.15) is 16.7 Å². The lowest BCUT2D eigenvalue weighted by Crippen LogP contribution is -2.56. The van der Waals surface area contributed by atoms with Crippen LogP contribution in [0.15, 0.2) is 60.7 Å². The number of carbonyl (C=O) groups is 1. The molecule has 2 aliphatic rings. The van der Waals surface area contributed by atoms with Crippen LogP contribution in [0.25, 0.3) is 0 Å². The summed E-state index contributed by atoms with van der Waals surface area (Å²) in [4.78, 5) is 18.2. The summed E-state index contributed by atoms with van der Waals surface area (Å²) in [6.07, 6.45) is 0. The van der Waals surface area contributed by atoms with E-state index in [2.05, 4.69) is 15.9 Å². The maximum atomic E-state index is 13.8. The lowest BCUT2D eigenvalue weighted by Gasteiger charge is -2.42. The monoisotopic (exact) mass is 460 g/mol. The number of nitrogens with zero attached hydrogens (tertiary/aromatic N) is 2. The lowest BCUT2D eigenvalue weighted by atomic mass is 9.86. The normalized spacial score (nSPS) is 18.4. The van der Waals surface area contributed by atoms with Crippen molar-refractivity contribution in [2.45, 2.75) is 18.6 Å². The maximum Gasteiger partial charge on any atom is 0.338 e. The molecule has 5 rings (SSSR count). The van der Waals surface area contributed by atoms with Gasteiger partial charge in [0, 0.05) is 24.5 Å². The third-order valence-corrected chi connectivity index (χ3v) is 6.87. The minimum Gasteiger partial charge on any atom is -0.497 e. The Bertz CT molecular complexity index is 1230. The first-order chi connectivity index (χ1) is 16.5. The molecular weight excluding hydrogens is 432 g/mol.